The highest BCUT2D eigenvalue weighted by atomic mass is 35.5. The third-order valence-corrected chi connectivity index (χ3v) is 4.99. The molecule has 2 atom stereocenters. The van der Waals surface area contributed by atoms with E-state index in [2.05, 4.69) is 0 Å². The van der Waals surface area contributed by atoms with Crippen molar-refractivity contribution in [1.29, 1.82) is 0 Å². The van der Waals surface area contributed by atoms with Gasteiger partial charge in [-0.1, -0.05) is 79.2 Å². The highest BCUT2D eigenvalue weighted by Gasteiger charge is 2.19. The summed E-state index contributed by atoms with van der Waals surface area (Å²) in [4.78, 5) is 0. The highest BCUT2D eigenvalue weighted by Crippen LogP contribution is 2.45. The standard InChI is InChI=1S/C21H19ClFO2P/c1-16(18-10-6-3-7-11-18)20-14-19(22)12-13-21(20)25-26(23)24-15-17-8-4-2-5-9-17/h2-14,16H,15H2,1H3. The predicted molar refractivity (Wildman–Crippen MR) is 105 cm³/mol. The first-order chi connectivity index (χ1) is 12.6. The Hall–Kier alpha value is -1.93. The molecule has 134 valence electrons. The summed E-state index contributed by atoms with van der Waals surface area (Å²) in [6.07, 6.45) is 0. The number of hydrogen-bond acceptors (Lipinski definition) is 2. The topological polar surface area (TPSA) is 18.5 Å². The molecule has 3 aromatic carbocycles. The van der Waals surface area contributed by atoms with E-state index in [1.807, 2.05) is 73.7 Å². The molecule has 0 saturated heterocycles. The van der Waals surface area contributed by atoms with Crippen molar-refractivity contribution < 1.29 is 13.2 Å². The van der Waals surface area contributed by atoms with E-state index in [0.29, 0.717) is 10.8 Å². The van der Waals surface area contributed by atoms with Crippen LogP contribution < -0.4 is 4.52 Å². The molecule has 0 aliphatic heterocycles. The molecule has 0 aromatic heterocycles. The summed E-state index contributed by atoms with van der Waals surface area (Å²) < 4.78 is 25.0. The number of halogens is 2. The van der Waals surface area contributed by atoms with Crippen LogP contribution in [0.25, 0.3) is 0 Å². The fourth-order valence-corrected chi connectivity index (χ4v) is 3.47. The maximum Gasteiger partial charge on any atom is 0.439 e. The third kappa shape index (κ3) is 5.04. The zero-order chi connectivity index (χ0) is 18.4. The first kappa shape index (κ1) is 18.8. The lowest BCUT2D eigenvalue weighted by atomic mass is 9.92. The smallest absolute Gasteiger partial charge is 0.423 e. The number of hydrogen-bond donors (Lipinski definition) is 0. The summed E-state index contributed by atoms with van der Waals surface area (Å²) in [6, 6.07) is 24.6. The molecule has 0 fully saturated rings. The molecule has 3 aromatic rings. The molecular weight excluding hydrogens is 370 g/mol. The van der Waals surface area contributed by atoms with Crippen LogP contribution in [0.1, 0.15) is 29.5 Å². The Morgan fingerprint density at radius 3 is 2.31 bits per heavy atom. The fraction of sp³-hybridized carbons (Fsp3) is 0.143. The average Bonchev–Trinajstić information content (AvgIpc) is 2.69. The van der Waals surface area contributed by atoms with Crippen LogP contribution >= 0.6 is 20.3 Å². The van der Waals surface area contributed by atoms with E-state index in [-0.39, 0.29) is 12.5 Å². The van der Waals surface area contributed by atoms with E-state index < -0.39 is 8.69 Å². The zero-order valence-corrected chi connectivity index (χ0v) is 16.0. The normalized spacial score (nSPS) is 13.2. The van der Waals surface area contributed by atoms with Crippen LogP contribution in [0, 0.1) is 0 Å². The van der Waals surface area contributed by atoms with Crippen LogP contribution in [0.4, 0.5) is 4.20 Å². The van der Waals surface area contributed by atoms with Crippen LogP contribution in [0.2, 0.25) is 5.02 Å². The molecule has 0 aliphatic carbocycles. The van der Waals surface area contributed by atoms with Crippen molar-refractivity contribution in [3.05, 3.63) is 101 Å². The first-order valence-corrected chi connectivity index (χ1v) is 9.73. The van der Waals surface area contributed by atoms with Crippen molar-refractivity contribution in [3.63, 3.8) is 0 Å². The zero-order valence-electron chi connectivity index (χ0n) is 14.3. The summed E-state index contributed by atoms with van der Waals surface area (Å²) in [5.41, 5.74) is 2.83. The molecule has 0 N–H and O–H groups in total. The van der Waals surface area contributed by atoms with Gasteiger partial charge in [0.2, 0.25) is 0 Å². The van der Waals surface area contributed by atoms with Crippen LogP contribution in [0.5, 0.6) is 5.75 Å². The Morgan fingerprint density at radius 2 is 1.62 bits per heavy atom. The number of rotatable bonds is 7. The third-order valence-electron chi connectivity index (χ3n) is 4.08. The van der Waals surface area contributed by atoms with Gasteiger partial charge in [-0.2, -0.15) is 0 Å². The second-order valence-electron chi connectivity index (χ2n) is 5.88. The van der Waals surface area contributed by atoms with Crippen LogP contribution in [0.15, 0.2) is 78.9 Å². The van der Waals surface area contributed by atoms with Gasteiger partial charge in [-0.05, 0) is 29.3 Å². The van der Waals surface area contributed by atoms with Gasteiger partial charge in [0.25, 0.3) is 0 Å². The Morgan fingerprint density at radius 1 is 0.962 bits per heavy atom. The molecule has 5 heteroatoms. The molecule has 2 unspecified atom stereocenters. The van der Waals surface area contributed by atoms with E-state index in [0.717, 1.165) is 16.7 Å². The molecule has 0 saturated carbocycles. The van der Waals surface area contributed by atoms with E-state index >= 15 is 0 Å². The highest BCUT2D eigenvalue weighted by molar-refractivity contribution is 7.41. The van der Waals surface area contributed by atoms with Crippen molar-refractivity contribution in [1.82, 2.24) is 0 Å². The van der Waals surface area contributed by atoms with Crippen molar-refractivity contribution in [2.75, 3.05) is 0 Å². The molecule has 2 nitrogen and oxygen atoms in total. The first-order valence-electron chi connectivity index (χ1n) is 8.28. The van der Waals surface area contributed by atoms with Gasteiger partial charge in [-0.25, -0.2) is 0 Å². The van der Waals surface area contributed by atoms with Gasteiger partial charge < -0.3 is 4.52 Å². The van der Waals surface area contributed by atoms with Crippen molar-refractivity contribution in [2.45, 2.75) is 19.4 Å². The molecule has 0 bridgehead atoms. The van der Waals surface area contributed by atoms with E-state index in [9.17, 15) is 4.20 Å². The molecule has 0 heterocycles. The fourth-order valence-electron chi connectivity index (χ4n) is 2.67. The Balaban J connectivity index is 1.73. The Bertz CT molecular complexity index is 830. The average molecular weight is 389 g/mol. The van der Waals surface area contributed by atoms with Crippen molar-refractivity contribution in [3.8, 4) is 5.75 Å². The van der Waals surface area contributed by atoms with Gasteiger partial charge in [0.05, 0.1) is 6.61 Å². The lowest BCUT2D eigenvalue weighted by Crippen LogP contribution is -2.00. The van der Waals surface area contributed by atoms with Crippen molar-refractivity contribution >= 4 is 20.3 Å². The molecule has 0 spiro atoms. The van der Waals surface area contributed by atoms with Crippen LogP contribution in [0.3, 0.4) is 0 Å². The minimum Gasteiger partial charge on any atom is -0.423 e. The lowest BCUT2D eigenvalue weighted by molar-refractivity contribution is 0.276. The van der Waals surface area contributed by atoms with E-state index in [1.165, 1.54) is 0 Å². The maximum atomic E-state index is 14.3. The molecule has 0 aliphatic rings. The predicted octanol–water partition coefficient (Wildman–Crippen LogP) is 7.28. The summed E-state index contributed by atoms with van der Waals surface area (Å²) in [6.45, 7) is 2.21. The minimum absolute atomic E-state index is 0.0161. The van der Waals surface area contributed by atoms with Gasteiger partial charge in [-0.15, -0.1) is 4.20 Å². The molecule has 0 amide bonds. The Kier molecular flexibility index (Phi) is 6.62. The van der Waals surface area contributed by atoms with Gasteiger partial charge >= 0.3 is 8.69 Å². The van der Waals surface area contributed by atoms with Crippen molar-refractivity contribution in [2.24, 2.45) is 0 Å². The maximum absolute atomic E-state index is 14.3. The van der Waals surface area contributed by atoms with Gasteiger partial charge in [0.1, 0.15) is 5.75 Å². The summed E-state index contributed by atoms with van der Waals surface area (Å²) in [7, 11) is -2.54. The van der Waals surface area contributed by atoms with Gasteiger partial charge in [-0.3, -0.25) is 4.52 Å². The molecular formula is C21H19ClFO2P. The second kappa shape index (κ2) is 9.14. The second-order valence-corrected chi connectivity index (χ2v) is 7.18. The largest absolute Gasteiger partial charge is 0.439 e. The molecule has 26 heavy (non-hydrogen) atoms. The van der Waals surface area contributed by atoms with Gasteiger partial charge in [0.15, 0.2) is 0 Å². The van der Waals surface area contributed by atoms with Crippen LogP contribution in [-0.2, 0) is 11.1 Å². The summed E-state index contributed by atoms with van der Waals surface area (Å²) in [5.74, 6) is 0.467. The molecule has 0 radical (unpaired) electrons. The monoisotopic (exact) mass is 388 g/mol. The Labute approximate surface area is 159 Å². The quantitative estimate of drug-likeness (QED) is 0.396. The van der Waals surface area contributed by atoms with E-state index in [4.69, 9.17) is 20.6 Å². The van der Waals surface area contributed by atoms with E-state index in [1.54, 1.807) is 12.1 Å². The molecule has 3 rings (SSSR count). The lowest BCUT2D eigenvalue weighted by Gasteiger charge is -2.18. The van der Waals surface area contributed by atoms with Crippen LogP contribution in [-0.4, -0.2) is 0 Å². The minimum atomic E-state index is -2.54. The van der Waals surface area contributed by atoms with Gasteiger partial charge in [0, 0.05) is 16.5 Å². The number of benzene rings is 3. The summed E-state index contributed by atoms with van der Waals surface area (Å²) >= 11 is 6.15. The SMILES string of the molecule is CC(c1ccccc1)c1cc(Cl)ccc1OP(F)OCc1ccccc1. The summed E-state index contributed by atoms with van der Waals surface area (Å²) in [5, 5.41) is 0.587.